The quantitative estimate of drug-likeness (QED) is 0.787. The number of benzene rings is 1. The number of nitrogens with one attached hydrogen (secondary N) is 1. The van der Waals surface area contributed by atoms with E-state index < -0.39 is 0 Å². The highest BCUT2D eigenvalue weighted by atomic mass is 35.5. The summed E-state index contributed by atoms with van der Waals surface area (Å²) in [6.07, 6.45) is 3.40. The standard InChI is InChI=1S/C18H17ClN4O/c1-12(14-8-10-20-11-9-14)21-18(24)16-13(2)22-23(17(16)19)15-6-4-3-5-7-15/h3-12H,1-2H3,(H,21,24). The molecule has 2 heterocycles. The fourth-order valence-electron chi connectivity index (χ4n) is 2.50. The van der Waals surface area contributed by atoms with Crippen molar-refractivity contribution in [3.8, 4) is 5.69 Å². The lowest BCUT2D eigenvalue weighted by Crippen LogP contribution is -2.27. The van der Waals surface area contributed by atoms with Crippen LogP contribution in [0.1, 0.15) is 34.6 Å². The molecule has 0 aliphatic rings. The molecule has 3 aromatic rings. The van der Waals surface area contributed by atoms with Crippen LogP contribution in [0.3, 0.4) is 0 Å². The monoisotopic (exact) mass is 340 g/mol. The number of pyridine rings is 1. The van der Waals surface area contributed by atoms with E-state index in [0.717, 1.165) is 11.3 Å². The van der Waals surface area contributed by atoms with Crippen molar-refractivity contribution in [3.63, 3.8) is 0 Å². The lowest BCUT2D eigenvalue weighted by molar-refractivity contribution is 0.0939. The van der Waals surface area contributed by atoms with Crippen LogP contribution in [0.2, 0.25) is 5.15 Å². The molecule has 3 rings (SSSR count). The minimum absolute atomic E-state index is 0.156. The molecule has 0 saturated heterocycles. The first-order valence-electron chi connectivity index (χ1n) is 7.59. The van der Waals surface area contributed by atoms with Gasteiger partial charge in [-0.3, -0.25) is 9.78 Å². The summed E-state index contributed by atoms with van der Waals surface area (Å²) in [5.41, 5.74) is 2.76. The SMILES string of the molecule is Cc1nn(-c2ccccc2)c(Cl)c1C(=O)NC(C)c1ccncc1. The maximum Gasteiger partial charge on any atom is 0.256 e. The predicted octanol–water partition coefficient (Wildman–Crippen LogP) is 3.72. The summed E-state index contributed by atoms with van der Waals surface area (Å²) in [6, 6.07) is 13.1. The molecule has 5 nitrogen and oxygen atoms in total. The number of carbonyl (C=O) groups excluding carboxylic acids is 1. The second kappa shape index (κ2) is 6.84. The first-order chi connectivity index (χ1) is 11.6. The van der Waals surface area contributed by atoms with Crippen LogP contribution in [0.4, 0.5) is 0 Å². The third kappa shape index (κ3) is 3.16. The van der Waals surface area contributed by atoms with Gasteiger partial charge in [-0.2, -0.15) is 5.10 Å². The predicted molar refractivity (Wildman–Crippen MR) is 93.4 cm³/mol. The number of para-hydroxylation sites is 1. The Bertz CT molecular complexity index is 846. The molecule has 0 spiro atoms. The highest BCUT2D eigenvalue weighted by Crippen LogP contribution is 2.24. The van der Waals surface area contributed by atoms with Crippen LogP contribution in [0, 0.1) is 6.92 Å². The van der Waals surface area contributed by atoms with Gasteiger partial charge in [0.1, 0.15) is 5.15 Å². The van der Waals surface area contributed by atoms with Crippen molar-refractivity contribution >= 4 is 17.5 Å². The van der Waals surface area contributed by atoms with Crippen LogP contribution < -0.4 is 5.32 Å². The minimum atomic E-state index is -0.246. The van der Waals surface area contributed by atoms with Crippen molar-refractivity contribution in [2.24, 2.45) is 0 Å². The topological polar surface area (TPSA) is 59.8 Å². The summed E-state index contributed by atoms with van der Waals surface area (Å²) >= 11 is 6.42. The van der Waals surface area contributed by atoms with Crippen molar-refractivity contribution in [3.05, 3.63) is 76.8 Å². The molecule has 0 aliphatic carbocycles. The van der Waals surface area contributed by atoms with Gasteiger partial charge in [0.2, 0.25) is 0 Å². The van der Waals surface area contributed by atoms with E-state index in [2.05, 4.69) is 15.4 Å². The largest absolute Gasteiger partial charge is 0.345 e. The van der Waals surface area contributed by atoms with Crippen molar-refractivity contribution < 1.29 is 4.79 Å². The van der Waals surface area contributed by atoms with Crippen molar-refractivity contribution in [1.29, 1.82) is 0 Å². The van der Waals surface area contributed by atoms with Crippen LogP contribution in [0.5, 0.6) is 0 Å². The molecule has 122 valence electrons. The van der Waals surface area contributed by atoms with Gasteiger partial charge >= 0.3 is 0 Å². The van der Waals surface area contributed by atoms with Gasteiger partial charge in [-0.25, -0.2) is 4.68 Å². The maximum absolute atomic E-state index is 12.7. The number of hydrogen-bond acceptors (Lipinski definition) is 3. The third-order valence-electron chi connectivity index (χ3n) is 3.79. The average molecular weight is 341 g/mol. The Hall–Kier alpha value is -2.66. The average Bonchev–Trinajstić information content (AvgIpc) is 2.91. The minimum Gasteiger partial charge on any atom is -0.345 e. The molecule has 0 radical (unpaired) electrons. The van der Waals surface area contributed by atoms with E-state index in [-0.39, 0.29) is 11.9 Å². The summed E-state index contributed by atoms with van der Waals surface area (Å²) in [4.78, 5) is 16.6. The first kappa shape index (κ1) is 16.2. The zero-order valence-corrected chi connectivity index (χ0v) is 14.2. The van der Waals surface area contributed by atoms with Crippen LogP contribution in [0.25, 0.3) is 5.69 Å². The normalized spacial score (nSPS) is 12.0. The van der Waals surface area contributed by atoms with E-state index in [4.69, 9.17) is 11.6 Å². The summed E-state index contributed by atoms with van der Waals surface area (Å²) in [7, 11) is 0. The number of aromatic nitrogens is 3. The van der Waals surface area contributed by atoms with E-state index in [1.807, 2.05) is 49.4 Å². The number of carbonyl (C=O) groups is 1. The van der Waals surface area contributed by atoms with Crippen LogP contribution in [-0.2, 0) is 0 Å². The maximum atomic E-state index is 12.7. The van der Waals surface area contributed by atoms with E-state index in [1.165, 1.54) is 0 Å². The van der Waals surface area contributed by atoms with Crippen LogP contribution in [-0.4, -0.2) is 20.7 Å². The molecule has 1 atom stereocenters. The number of halogens is 1. The Morgan fingerprint density at radius 2 is 1.83 bits per heavy atom. The van der Waals surface area contributed by atoms with Gasteiger partial charge in [0.15, 0.2) is 0 Å². The number of aryl methyl sites for hydroxylation is 1. The van der Waals surface area contributed by atoms with Gasteiger partial charge in [-0.1, -0.05) is 29.8 Å². The molecule has 24 heavy (non-hydrogen) atoms. The molecule has 1 N–H and O–H groups in total. The smallest absolute Gasteiger partial charge is 0.256 e. The molecule has 0 fully saturated rings. The van der Waals surface area contributed by atoms with E-state index in [0.29, 0.717) is 16.4 Å². The van der Waals surface area contributed by atoms with Gasteiger partial charge in [0.05, 0.1) is 23.0 Å². The Morgan fingerprint density at radius 1 is 1.17 bits per heavy atom. The number of amides is 1. The lowest BCUT2D eigenvalue weighted by Gasteiger charge is -2.14. The Kier molecular flexibility index (Phi) is 4.62. The zero-order chi connectivity index (χ0) is 17.1. The summed E-state index contributed by atoms with van der Waals surface area (Å²) < 4.78 is 1.57. The molecule has 0 aliphatic heterocycles. The van der Waals surface area contributed by atoms with Crippen molar-refractivity contribution in [1.82, 2.24) is 20.1 Å². The second-order valence-electron chi connectivity index (χ2n) is 5.47. The summed E-state index contributed by atoms with van der Waals surface area (Å²) in [6.45, 7) is 3.69. The molecular weight excluding hydrogens is 324 g/mol. The molecule has 1 aromatic carbocycles. The van der Waals surface area contributed by atoms with Crippen LogP contribution in [0.15, 0.2) is 54.9 Å². The van der Waals surface area contributed by atoms with Gasteiger partial charge in [0.25, 0.3) is 5.91 Å². The van der Waals surface area contributed by atoms with Crippen molar-refractivity contribution in [2.75, 3.05) is 0 Å². The molecule has 2 aromatic heterocycles. The molecular formula is C18H17ClN4O. The van der Waals surface area contributed by atoms with Gasteiger partial charge in [0, 0.05) is 12.4 Å². The van der Waals surface area contributed by atoms with Gasteiger partial charge in [-0.15, -0.1) is 0 Å². The Labute approximate surface area is 145 Å². The highest BCUT2D eigenvalue weighted by molar-refractivity contribution is 6.33. The molecule has 1 unspecified atom stereocenters. The van der Waals surface area contributed by atoms with Gasteiger partial charge in [-0.05, 0) is 43.7 Å². The summed E-state index contributed by atoms with van der Waals surface area (Å²) in [5.74, 6) is -0.246. The highest BCUT2D eigenvalue weighted by Gasteiger charge is 2.22. The third-order valence-corrected chi connectivity index (χ3v) is 4.13. The molecule has 0 bridgehead atoms. The molecule has 0 saturated carbocycles. The fraction of sp³-hybridized carbons (Fsp3) is 0.167. The second-order valence-corrected chi connectivity index (χ2v) is 5.83. The van der Waals surface area contributed by atoms with E-state index in [9.17, 15) is 4.79 Å². The summed E-state index contributed by atoms with van der Waals surface area (Å²) in [5, 5.41) is 7.65. The first-order valence-corrected chi connectivity index (χ1v) is 7.97. The molecule has 1 amide bonds. The lowest BCUT2D eigenvalue weighted by atomic mass is 10.1. The number of rotatable bonds is 4. The van der Waals surface area contributed by atoms with Crippen LogP contribution >= 0.6 is 11.6 Å². The zero-order valence-electron chi connectivity index (χ0n) is 13.4. The van der Waals surface area contributed by atoms with E-state index in [1.54, 1.807) is 24.0 Å². The fourth-order valence-corrected chi connectivity index (χ4v) is 2.86. The van der Waals surface area contributed by atoms with Crippen molar-refractivity contribution in [2.45, 2.75) is 19.9 Å². The molecule has 6 heteroatoms. The van der Waals surface area contributed by atoms with Gasteiger partial charge < -0.3 is 5.32 Å². The van der Waals surface area contributed by atoms with E-state index >= 15 is 0 Å². The number of hydrogen-bond donors (Lipinski definition) is 1. The number of nitrogens with zero attached hydrogens (tertiary/aromatic N) is 3. The Balaban J connectivity index is 1.87. The Morgan fingerprint density at radius 3 is 2.50 bits per heavy atom.